The van der Waals surface area contributed by atoms with Crippen molar-refractivity contribution in [1.82, 2.24) is 5.16 Å². The van der Waals surface area contributed by atoms with E-state index in [9.17, 15) is 5.11 Å². The Kier molecular flexibility index (Phi) is 1.47. The molecule has 3 nitrogen and oxygen atoms in total. The fourth-order valence-electron chi connectivity index (χ4n) is 1.78. The SMILES string of the molecule is OC1(Cc2cccc3oncc23)CC1. The van der Waals surface area contributed by atoms with E-state index in [1.54, 1.807) is 6.20 Å². The van der Waals surface area contributed by atoms with Gasteiger partial charge in [0.1, 0.15) is 0 Å². The van der Waals surface area contributed by atoms with Crippen LogP contribution in [0.1, 0.15) is 18.4 Å². The molecule has 1 aromatic heterocycles. The van der Waals surface area contributed by atoms with Crippen LogP contribution in [0.15, 0.2) is 28.9 Å². The van der Waals surface area contributed by atoms with Gasteiger partial charge in [0, 0.05) is 11.8 Å². The lowest BCUT2D eigenvalue weighted by Gasteiger charge is -2.07. The van der Waals surface area contributed by atoms with Crippen LogP contribution in [-0.4, -0.2) is 15.9 Å². The maximum atomic E-state index is 9.83. The van der Waals surface area contributed by atoms with Crippen LogP contribution in [0.25, 0.3) is 11.0 Å². The van der Waals surface area contributed by atoms with Crippen molar-refractivity contribution in [2.75, 3.05) is 0 Å². The van der Waals surface area contributed by atoms with Gasteiger partial charge in [-0.15, -0.1) is 0 Å². The summed E-state index contributed by atoms with van der Waals surface area (Å²) in [6, 6.07) is 5.85. The van der Waals surface area contributed by atoms with Gasteiger partial charge in [0.25, 0.3) is 0 Å². The van der Waals surface area contributed by atoms with Crippen molar-refractivity contribution in [2.45, 2.75) is 24.9 Å². The van der Waals surface area contributed by atoms with Gasteiger partial charge in [-0.25, -0.2) is 0 Å². The highest BCUT2D eigenvalue weighted by Crippen LogP contribution is 2.39. The molecule has 1 aliphatic carbocycles. The molecule has 0 atom stereocenters. The van der Waals surface area contributed by atoms with Crippen molar-refractivity contribution in [3.8, 4) is 0 Å². The summed E-state index contributed by atoms with van der Waals surface area (Å²) in [7, 11) is 0. The minimum atomic E-state index is -0.453. The van der Waals surface area contributed by atoms with Gasteiger partial charge in [0.2, 0.25) is 0 Å². The summed E-state index contributed by atoms with van der Waals surface area (Å²) < 4.78 is 5.06. The molecule has 72 valence electrons. The highest BCUT2D eigenvalue weighted by atomic mass is 16.5. The van der Waals surface area contributed by atoms with Gasteiger partial charge in [-0.05, 0) is 24.5 Å². The van der Waals surface area contributed by atoms with Crippen LogP contribution in [-0.2, 0) is 6.42 Å². The largest absolute Gasteiger partial charge is 0.390 e. The minimum Gasteiger partial charge on any atom is -0.390 e. The first-order chi connectivity index (χ1) is 6.77. The molecule has 14 heavy (non-hydrogen) atoms. The molecule has 1 saturated carbocycles. The van der Waals surface area contributed by atoms with E-state index in [0.717, 1.165) is 29.4 Å². The molecule has 1 aromatic carbocycles. The van der Waals surface area contributed by atoms with E-state index < -0.39 is 5.60 Å². The summed E-state index contributed by atoms with van der Waals surface area (Å²) in [5, 5.41) is 14.6. The van der Waals surface area contributed by atoms with Crippen LogP contribution in [0.3, 0.4) is 0 Å². The molecule has 0 bridgehead atoms. The topological polar surface area (TPSA) is 46.3 Å². The van der Waals surface area contributed by atoms with Gasteiger partial charge in [-0.2, -0.15) is 0 Å². The van der Waals surface area contributed by atoms with Crippen molar-refractivity contribution < 1.29 is 9.63 Å². The van der Waals surface area contributed by atoms with E-state index >= 15 is 0 Å². The Morgan fingerprint density at radius 3 is 3.07 bits per heavy atom. The summed E-state index contributed by atoms with van der Waals surface area (Å²) >= 11 is 0. The molecule has 0 aliphatic heterocycles. The third kappa shape index (κ3) is 1.21. The first kappa shape index (κ1) is 8.00. The molecule has 3 heteroatoms. The van der Waals surface area contributed by atoms with Gasteiger partial charge in [0.15, 0.2) is 5.58 Å². The molecule has 1 heterocycles. The molecular weight excluding hydrogens is 178 g/mol. The molecule has 0 saturated heterocycles. The van der Waals surface area contributed by atoms with Crippen molar-refractivity contribution in [3.63, 3.8) is 0 Å². The highest BCUT2D eigenvalue weighted by Gasteiger charge is 2.40. The molecular formula is C11H11NO2. The second-order valence-corrected chi connectivity index (χ2v) is 4.06. The van der Waals surface area contributed by atoms with E-state index in [0.29, 0.717) is 6.42 Å². The van der Waals surface area contributed by atoms with E-state index in [1.807, 2.05) is 18.2 Å². The van der Waals surface area contributed by atoms with E-state index in [-0.39, 0.29) is 0 Å². The maximum absolute atomic E-state index is 9.83. The van der Waals surface area contributed by atoms with Crippen LogP contribution in [0, 0.1) is 0 Å². The molecule has 0 spiro atoms. The Morgan fingerprint density at radius 1 is 1.43 bits per heavy atom. The number of rotatable bonds is 2. The lowest BCUT2D eigenvalue weighted by atomic mass is 10.0. The first-order valence-electron chi connectivity index (χ1n) is 4.82. The molecule has 3 rings (SSSR count). The van der Waals surface area contributed by atoms with Crippen LogP contribution in [0.4, 0.5) is 0 Å². The summed E-state index contributed by atoms with van der Waals surface area (Å²) in [6.07, 6.45) is 4.26. The van der Waals surface area contributed by atoms with Gasteiger partial charge in [-0.1, -0.05) is 17.3 Å². The predicted molar refractivity (Wildman–Crippen MR) is 51.9 cm³/mol. The summed E-state index contributed by atoms with van der Waals surface area (Å²) in [6.45, 7) is 0. The lowest BCUT2D eigenvalue weighted by Crippen LogP contribution is -2.10. The summed E-state index contributed by atoms with van der Waals surface area (Å²) in [4.78, 5) is 0. The van der Waals surface area contributed by atoms with Crippen molar-refractivity contribution in [2.24, 2.45) is 0 Å². The molecule has 2 aromatic rings. The average Bonchev–Trinajstić information content (AvgIpc) is 2.73. The number of fused-ring (bicyclic) bond motifs is 1. The molecule has 0 radical (unpaired) electrons. The molecule has 1 aliphatic rings. The van der Waals surface area contributed by atoms with Gasteiger partial charge < -0.3 is 9.63 Å². The van der Waals surface area contributed by atoms with E-state index in [4.69, 9.17) is 4.52 Å². The highest BCUT2D eigenvalue weighted by molar-refractivity contribution is 5.79. The zero-order valence-electron chi connectivity index (χ0n) is 7.73. The normalized spacial score (nSPS) is 18.6. The van der Waals surface area contributed by atoms with Gasteiger partial charge in [0.05, 0.1) is 11.8 Å². The monoisotopic (exact) mass is 189 g/mol. The predicted octanol–water partition coefficient (Wildman–Crippen LogP) is 1.90. The zero-order chi connectivity index (χ0) is 9.60. The molecule has 0 amide bonds. The summed E-state index contributed by atoms with van der Waals surface area (Å²) in [5.74, 6) is 0. The van der Waals surface area contributed by atoms with Gasteiger partial charge >= 0.3 is 0 Å². The van der Waals surface area contributed by atoms with Crippen molar-refractivity contribution in [1.29, 1.82) is 0 Å². The van der Waals surface area contributed by atoms with Crippen LogP contribution in [0.2, 0.25) is 0 Å². The Hall–Kier alpha value is -1.35. The van der Waals surface area contributed by atoms with Crippen LogP contribution in [0.5, 0.6) is 0 Å². The molecule has 1 fully saturated rings. The minimum absolute atomic E-state index is 0.453. The Morgan fingerprint density at radius 2 is 2.29 bits per heavy atom. The number of hydrogen-bond acceptors (Lipinski definition) is 3. The van der Waals surface area contributed by atoms with Crippen LogP contribution < -0.4 is 0 Å². The number of aliphatic hydroxyl groups is 1. The molecule has 1 N–H and O–H groups in total. The third-order valence-electron chi connectivity index (χ3n) is 2.84. The van der Waals surface area contributed by atoms with Gasteiger partial charge in [-0.3, -0.25) is 0 Å². The zero-order valence-corrected chi connectivity index (χ0v) is 7.73. The van der Waals surface area contributed by atoms with Crippen molar-refractivity contribution in [3.05, 3.63) is 30.0 Å². The number of aromatic nitrogens is 1. The fraction of sp³-hybridized carbons (Fsp3) is 0.364. The van der Waals surface area contributed by atoms with E-state index in [2.05, 4.69) is 5.16 Å². The number of hydrogen-bond donors (Lipinski definition) is 1. The smallest absolute Gasteiger partial charge is 0.167 e. The Bertz CT molecular complexity index is 471. The summed E-state index contributed by atoms with van der Waals surface area (Å²) in [5.41, 5.74) is 1.47. The molecule has 0 unspecified atom stereocenters. The number of benzene rings is 1. The second kappa shape index (κ2) is 2.58. The maximum Gasteiger partial charge on any atom is 0.167 e. The average molecular weight is 189 g/mol. The standard InChI is InChI=1S/C11H11NO2/c13-11(4-5-11)6-8-2-1-3-10-9(8)7-12-14-10/h1-3,7,13H,4-6H2. The Balaban J connectivity index is 2.06. The van der Waals surface area contributed by atoms with Crippen LogP contribution >= 0.6 is 0 Å². The number of nitrogens with zero attached hydrogens (tertiary/aromatic N) is 1. The Labute approximate surface area is 81.3 Å². The van der Waals surface area contributed by atoms with E-state index in [1.165, 1.54) is 0 Å². The second-order valence-electron chi connectivity index (χ2n) is 4.06. The fourth-order valence-corrected chi connectivity index (χ4v) is 1.78. The quantitative estimate of drug-likeness (QED) is 0.784. The third-order valence-corrected chi connectivity index (χ3v) is 2.84. The van der Waals surface area contributed by atoms with Crippen molar-refractivity contribution >= 4 is 11.0 Å². The first-order valence-corrected chi connectivity index (χ1v) is 4.82. The lowest BCUT2D eigenvalue weighted by molar-refractivity contribution is 0.151.